The molecule has 3 rings (SSSR count). The van der Waals surface area contributed by atoms with Crippen molar-refractivity contribution in [3.8, 4) is 0 Å². The standard InChI is InChI=1S/C20H29NO3/c1-3-16-4-6-17(7-5-16)19(22)21-11-8-20(9-12-21)10-13-24-15-18(20)14-23-2/h4-7,18H,3,8-15H2,1-2H3. The first-order valence-corrected chi connectivity index (χ1v) is 9.13. The van der Waals surface area contributed by atoms with E-state index in [2.05, 4.69) is 19.1 Å². The molecule has 0 aliphatic carbocycles. The summed E-state index contributed by atoms with van der Waals surface area (Å²) in [5, 5.41) is 0. The van der Waals surface area contributed by atoms with Gasteiger partial charge in [-0.25, -0.2) is 0 Å². The van der Waals surface area contributed by atoms with Gasteiger partial charge in [-0.15, -0.1) is 0 Å². The summed E-state index contributed by atoms with van der Waals surface area (Å²) < 4.78 is 11.1. The molecule has 24 heavy (non-hydrogen) atoms. The van der Waals surface area contributed by atoms with Crippen LogP contribution in [0.5, 0.6) is 0 Å². The third-order valence-corrected chi connectivity index (χ3v) is 5.95. The topological polar surface area (TPSA) is 38.8 Å². The Kier molecular flexibility index (Phi) is 5.57. The number of carbonyl (C=O) groups excluding carboxylic acids is 1. The maximum absolute atomic E-state index is 12.8. The van der Waals surface area contributed by atoms with E-state index in [9.17, 15) is 4.79 Å². The van der Waals surface area contributed by atoms with Gasteiger partial charge in [-0.2, -0.15) is 0 Å². The van der Waals surface area contributed by atoms with Crippen molar-refractivity contribution in [3.63, 3.8) is 0 Å². The summed E-state index contributed by atoms with van der Waals surface area (Å²) in [6, 6.07) is 8.05. The lowest BCUT2D eigenvalue weighted by atomic mass is 9.66. The highest BCUT2D eigenvalue weighted by Gasteiger charge is 2.44. The second kappa shape index (κ2) is 7.66. The SMILES string of the molecule is CCc1ccc(C(=O)N2CCC3(CCOCC3COC)CC2)cc1. The van der Waals surface area contributed by atoms with Gasteiger partial charge in [0.2, 0.25) is 0 Å². The monoisotopic (exact) mass is 331 g/mol. The molecule has 0 N–H and O–H groups in total. The van der Waals surface area contributed by atoms with E-state index in [1.807, 2.05) is 17.0 Å². The molecule has 1 atom stereocenters. The Morgan fingerprint density at radius 2 is 1.96 bits per heavy atom. The number of benzene rings is 1. The van der Waals surface area contributed by atoms with E-state index in [0.717, 1.165) is 64.2 Å². The largest absolute Gasteiger partial charge is 0.384 e. The van der Waals surface area contributed by atoms with Crippen LogP contribution in [0.3, 0.4) is 0 Å². The van der Waals surface area contributed by atoms with Crippen LogP contribution in [0.15, 0.2) is 24.3 Å². The van der Waals surface area contributed by atoms with Gasteiger partial charge in [0, 0.05) is 38.3 Å². The van der Waals surface area contributed by atoms with Crippen LogP contribution in [0.4, 0.5) is 0 Å². The predicted octanol–water partition coefficient (Wildman–Crippen LogP) is 3.15. The fraction of sp³-hybridized carbons (Fsp3) is 0.650. The molecule has 2 fully saturated rings. The smallest absolute Gasteiger partial charge is 0.253 e. The van der Waals surface area contributed by atoms with Crippen molar-refractivity contribution in [3.05, 3.63) is 35.4 Å². The van der Waals surface area contributed by atoms with Gasteiger partial charge in [-0.1, -0.05) is 19.1 Å². The van der Waals surface area contributed by atoms with Crippen LogP contribution in [0.25, 0.3) is 0 Å². The maximum Gasteiger partial charge on any atom is 0.253 e. The van der Waals surface area contributed by atoms with E-state index in [4.69, 9.17) is 9.47 Å². The number of carbonyl (C=O) groups is 1. The van der Waals surface area contributed by atoms with Crippen LogP contribution in [0.2, 0.25) is 0 Å². The number of ether oxygens (including phenoxy) is 2. The Morgan fingerprint density at radius 3 is 2.58 bits per heavy atom. The van der Waals surface area contributed by atoms with Crippen LogP contribution < -0.4 is 0 Å². The van der Waals surface area contributed by atoms with Crippen molar-refractivity contribution in [1.29, 1.82) is 0 Å². The molecule has 1 unspecified atom stereocenters. The number of rotatable bonds is 4. The molecule has 0 bridgehead atoms. The van der Waals surface area contributed by atoms with Crippen molar-refractivity contribution < 1.29 is 14.3 Å². The van der Waals surface area contributed by atoms with Gasteiger partial charge < -0.3 is 14.4 Å². The van der Waals surface area contributed by atoms with E-state index >= 15 is 0 Å². The number of nitrogens with zero attached hydrogens (tertiary/aromatic N) is 1. The van der Waals surface area contributed by atoms with E-state index in [1.54, 1.807) is 7.11 Å². The highest BCUT2D eigenvalue weighted by molar-refractivity contribution is 5.94. The molecular weight excluding hydrogens is 302 g/mol. The van der Waals surface area contributed by atoms with Crippen LogP contribution >= 0.6 is 0 Å². The Hall–Kier alpha value is -1.39. The zero-order chi connectivity index (χ0) is 17.0. The quantitative estimate of drug-likeness (QED) is 0.851. The normalized spacial score (nSPS) is 23.4. The van der Waals surface area contributed by atoms with Gasteiger partial charge in [0.05, 0.1) is 13.2 Å². The molecule has 2 aliphatic rings. The van der Waals surface area contributed by atoms with Gasteiger partial charge in [-0.3, -0.25) is 4.79 Å². The second-order valence-corrected chi connectivity index (χ2v) is 7.18. The molecule has 2 aliphatic heterocycles. The molecule has 4 nitrogen and oxygen atoms in total. The van der Waals surface area contributed by atoms with Crippen LogP contribution in [0, 0.1) is 11.3 Å². The van der Waals surface area contributed by atoms with E-state index in [1.165, 1.54) is 5.56 Å². The Morgan fingerprint density at radius 1 is 1.25 bits per heavy atom. The zero-order valence-electron chi connectivity index (χ0n) is 14.9. The van der Waals surface area contributed by atoms with Crippen molar-refractivity contribution in [2.75, 3.05) is 40.0 Å². The summed E-state index contributed by atoms with van der Waals surface area (Å²) in [6.45, 7) is 6.20. The molecule has 0 radical (unpaired) electrons. The summed E-state index contributed by atoms with van der Waals surface area (Å²) in [7, 11) is 1.76. The predicted molar refractivity (Wildman–Crippen MR) is 94.2 cm³/mol. The Bertz CT molecular complexity index is 545. The molecule has 1 aromatic carbocycles. The number of hydrogen-bond donors (Lipinski definition) is 0. The molecule has 1 aromatic rings. The highest BCUT2D eigenvalue weighted by atomic mass is 16.5. The summed E-state index contributed by atoms with van der Waals surface area (Å²) in [4.78, 5) is 14.8. The lowest BCUT2D eigenvalue weighted by Gasteiger charge is -2.48. The number of hydrogen-bond acceptors (Lipinski definition) is 3. The number of likely N-dealkylation sites (tertiary alicyclic amines) is 1. The van der Waals surface area contributed by atoms with Gasteiger partial charge in [0.1, 0.15) is 0 Å². The van der Waals surface area contributed by atoms with E-state index in [-0.39, 0.29) is 11.3 Å². The molecule has 0 aromatic heterocycles. The second-order valence-electron chi connectivity index (χ2n) is 7.18. The molecule has 2 saturated heterocycles. The lowest BCUT2D eigenvalue weighted by Crippen LogP contribution is -2.50. The molecule has 1 amide bonds. The van der Waals surface area contributed by atoms with Crippen molar-refractivity contribution in [1.82, 2.24) is 4.90 Å². The minimum atomic E-state index is 0.169. The number of amides is 1. The molecular formula is C20H29NO3. The summed E-state index contributed by atoms with van der Waals surface area (Å²) in [5.74, 6) is 0.625. The minimum absolute atomic E-state index is 0.169. The number of piperidine rings is 1. The highest BCUT2D eigenvalue weighted by Crippen LogP contribution is 2.44. The summed E-state index contributed by atoms with van der Waals surface area (Å²) in [5.41, 5.74) is 2.37. The third kappa shape index (κ3) is 3.50. The fourth-order valence-electron chi connectivity index (χ4n) is 4.19. The molecule has 2 heterocycles. The average Bonchev–Trinajstić information content (AvgIpc) is 2.64. The molecule has 1 spiro atoms. The summed E-state index contributed by atoms with van der Waals surface area (Å²) in [6.07, 6.45) is 4.21. The van der Waals surface area contributed by atoms with Crippen molar-refractivity contribution in [2.24, 2.45) is 11.3 Å². The minimum Gasteiger partial charge on any atom is -0.384 e. The van der Waals surface area contributed by atoms with Gasteiger partial charge in [0.25, 0.3) is 5.91 Å². The molecule has 0 saturated carbocycles. The first kappa shape index (κ1) is 17.4. The van der Waals surface area contributed by atoms with E-state index in [0.29, 0.717) is 5.92 Å². The zero-order valence-corrected chi connectivity index (χ0v) is 14.9. The van der Waals surface area contributed by atoms with Crippen LogP contribution in [-0.2, 0) is 15.9 Å². The number of aryl methyl sites for hydroxylation is 1. The number of methoxy groups -OCH3 is 1. The maximum atomic E-state index is 12.8. The fourth-order valence-corrected chi connectivity index (χ4v) is 4.19. The van der Waals surface area contributed by atoms with Crippen molar-refractivity contribution >= 4 is 5.91 Å². The summed E-state index contributed by atoms with van der Waals surface area (Å²) >= 11 is 0. The van der Waals surface area contributed by atoms with Crippen molar-refractivity contribution in [2.45, 2.75) is 32.6 Å². The lowest BCUT2D eigenvalue weighted by molar-refractivity contribution is -0.0912. The van der Waals surface area contributed by atoms with E-state index < -0.39 is 0 Å². The Balaban J connectivity index is 1.64. The van der Waals surface area contributed by atoms with Gasteiger partial charge in [0.15, 0.2) is 0 Å². The average molecular weight is 331 g/mol. The first-order chi connectivity index (χ1) is 11.7. The van der Waals surface area contributed by atoms with Crippen LogP contribution in [0.1, 0.15) is 42.1 Å². The molecule has 4 heteroatoms. The Labute approximate surface area is 145 Å². The molecule has 132 valence electrons. The first-order valence-electron chi connectivity index (χ1n) is 9.13. The van der Waals surface area contributed by atoms with Crippen LogP contribution in [-0.4, -0.2) is 50.8 Å². The third-order valence-electron chi connectivity index (χ3n) is 5.95. The van der Waals surface area contributed by atoms with Gasteiger partial charge >= 0.3 is 0 Å². The van der Waals surface area contributed by atoms with Gasteiger partial charge in [-0.05, 0) is 48.8 Å².